The van der Waals surface area contributed by atoms with Gasteiger partial charge in [0.2, 0.25) is 11.8 Å². The van der Waals surface area contributed by atoms with Crippen molar-refractivity contribution in [2.24, 2.45) is 0 Å². The van der Waals surface area contributed by atoms with E-state index in [4.69, 9.17) is 4.74 Å². The molecule has 16 heavy (non-hydrogen) atoms. The summed E-state index contributed by atoms with van der Waals surface area (Å²) >= 11 is 3.99. The van der Waals surface area contributed by atoms with E-state index in [1.807, 2.05) is 0 Å². The summed E-state index contributed by atoms with van der Waals surface area (Å²) in [6, 6.07) is 0. The van der Waals surface area contributed by atoms with Crippen molar-refractivity contribution in [3.8, 4) is 0 Å². The molecule has 2 N–H and O–H groups in total. The van der Waals surface area contributed by atoms with Gasteiger partial charge >= 0.3 is 0 Å². The fraction of sp³-hybridized carbons (Fsp3) is 0.800. The van der Waals surface area contributed by atoms with E-state index in [0.717, 1.165) is 12.8 Å². The largest absolute Gasteiger partial charge is 0.358 e. The average Bonchev–Trinajstić information content (AvgIpc) is 2.19. The van der Waals surface area contributed by atoms with Crippen LogP contribution < -0.4 is 10.6 Å². The lowest BCUT2D eigenvalue weighted by atomic mass is 10.3. The lowest BCUT2D eigenvalue weighted by Gasteiger charge is -2.07. The first kappa shape index (κ1) is 15.2. The van der Waals surface area contributed by atoms with Gasteiger partial charge in [-0.2, -0.15) is 0 Å². The van der Waals surface area contributed by atoms with Gasteiger partial charge in [-0.25, -0.2) is 0 Å². The molecule has 0 aromatic heterocycles. The number of carbonyl (C=O) groups is 2. The highest BCUT2D eigenvalue weighted by Gasteiger charge is 2.02. The van der Waals surface area contributed by atoms with Crippen LogP contribution in [0.25, 0.3) is 0 Å². The molecule has 1 atom stereocenters. The highest BCUT2D eigenvalue weighted by atomic mass is 32.1. The number of amides is 2. The zero-order valence-electron chi connectivity index (χ0n) is 9.78. The lowest BCUT2D eigenvalue weighted by molar-refractivity contribution is -0.126. The van der Waals surface area contributed by atoms with E-state index in [9.17, 15) is 9.59 Å². The molecule has 0 spiro atoms. The maximum absolute atomic E-state index is 11.1. The predicted octanol–water partition coefficient (Wildman–Crippen LogP) is 0.311. The summed E-state index contributed by atoms with van der Waals surface area (Å²) in [6.07, 6.45) is 1.69. The smallest absolute Gasteiger partial charge is 0.246 e. The summed E-state index contributed by atoms with van der Waals surface area (Å²) in [7, 11) is 0. The standard InChI is InChI=1S/C10H20N2O3S/c1-8(13)11-5-3-4-6-12-10(14)7-15-9(2)16/h9,16H,3-7H2,1-2H3,(H,11,13)(H,12,14). The summed E-state index contributed by atoms with van der Waals surface area (Å²) in [4.78, 5) is 21.7. The number of ether oxygens (including phenoxy) is 1. The zero-order valence-corrected chi connectivity index (χ0v) is 10.7. The van der Waals surface area contributed by atoms with Crippen molar-refractivity contribution < 1.29 is 14.3 Å². The molecule has 0 saturated heterocycles. The van der Waals surface area contributed by atoms with Crippen LogP contribution in [-0.2, 0) is 14.3 Å². The highest BCUT2D eigenvalue weighted by Crippen LogP contribution is 1.93. The van der Waals surface area contributed by atoms with Gasteiger partial charge in [-0.3, -0.25) is 9.59 Å². The van der Waals surface area contributed by atoms with E-state index in [-0.39, 0.29) is 23.9 Å². The van der Waals surface area contributed by atoms with Gasteiger partial charge in [0.25, 0.3) is 0 Å². The van der Waals surface area contributed by atoms with E-state index >= 15 is 0 Å². The van der Waals surface area contributed by atoms with Gasteiger partial charge in [0, 0.05) is 20.0 Å². The Labute approximate surface area is 102 Å². The van der Waals surface area contributed by atoms with Crippen LogP contribution in [0, 0.1) is 0 Å². The van der Waals surface area contributed by atoms with Crippen molar-refractivity contribution in [2.75, 3.05) is 19.7 Å². The first-order chi connectivity index (χ1) is 7.52. The topological polar surface area (TPSA) is 67.4 Å². The lowest BCUT2D eigenvalue weighted by Crippen LogP contribution is -2.30. The minimum atomic E-state index is -0.231. The number of rotatable bonds is 8. The van der Waals surface area contributed by atoms with E-state index in [2.05, 4.69) is 23.3 Å². The molecule has 5 nitrogen and oxygen atoms in total. The van der Waals surface area contributed by atoms with Crippen LogP contribution in [0.2, 0.25) is 0 Å². The Hall–Kier alpha value is -0.750. The Morgan fingerprint density at radius 2 is 1.81 bits per heavy atom. The normalized spacial score (nSPS) is 11.9. The number of thiol groups is 1. The molecule has 94 valence electrons. The maximum atomic E-state index is 11.1. The van der Waals surface area contributed by atoms with E-state index < -0.39 is 0 Å². The molecule has 6 heteroatoms. The van der Waals surface area contributed by atoms with Gasteiger partial charge in [0.15, 0.2) is 0 Å². The fourth-order valence-electron chi connectivity index (χ4n) is 0.990. The Kier molecular flexibility index (Phi) is 9.03. The van der Waals surface area contributed by atoms with Crippen molar-refractivity contribution in [1.82, 2.24) is 10.6 Å². The third kappa shape index (κ3) is 11.3. The Bertz CT molecular complexity index is 222. The Balaban J connectivity index is 3.24. The van der Waals surface area contributed by atoms with Crippen LogP contribution in [0.15, 0.2) is 0 Å². The Morgan fingerprint density at radius 1 is 1.25 bits per heavy atom. The first-order valence-electron chi connectivity index (χ1n) is 5.33. The van der Waals surface area contributed by atoms with Crippen molar-refractivity contribution in [2.45, 2.75) is 32.1 Å². The number of carbonyl (C=O) groups excluding carboxylic acids is 2. The monoisotopic (exact) mass is 248 g/mol. The molecule has 0 fully saturated rings. The number of unbranched alkanes of at least 4 members (excludes halogenated alkanes) is 1. The second kappa shape index (κ2) is 9.47. The first-order valence-corrected chi connectivity index (χ1v) is 5.85. The van der Waals surface area contributed by atoms with E-state index in [0.29, 0.717) is 13.1 Å². The Morgan fingerprint density at radius 3 is 2.31 bits per heavy atom. The van der Waals surface area contributed by atoms with Crippen molar-refractivity contribution in [3.63, 3.8) is 0 Å². The van der Waals surface area contributed by atoms with Crippen LogP contribution in [0.4, 0.5) is 0 Å². The second-order valence-electron chi connectivity index (χ2n) is 3.45. The molecule has 0 radical (unpaired) electrons. The van der Waals surface area contributed by atoms with Gasteiger partial charge in [-0.05, 0) is 19.8 Å². The summed E-state index contributed by atoms with van der Waals surface area (Å²) < 4.78 is 5.01. The van der Waals surface area contributed by atoms with Crippen molar-refractivity contribution in [3.05, 3.63) is 0 Å². The van der Waals surface area contributed by atoms with Crippen LogP contribution >= 0.6 is 12.6 Å². The molecule has 2 amide bonds. The summed E-state index contributed by atoms with van der Waals surface area (Å²) in [5.74, 6) is -0.166. The average molecular weight is 248 g/mol. The van der Waals surface area contributed by atoms with Crippen molar-refractivity contribution in [1.29, 1.82) is 0 Å². The van der Waals surface area contributed by atoms with Crippen molar-refractivity contribution >= 4 is 24.4 Å². The minimum absolute atomic E-state index is 0.0276. The second-order valence-corrected chi connectivity index (χ2v) is 4.18. The van der Waals surface area contributed by atoms with Gasteiger partial charge in [0.1, 0.15) is 6.61 Å². The van der Waals surface area contributed by atoms with E-state index in [1.54, 1.807) is 6.92 Å². The van der Waals surface area contributed by atoms with Crippen LogP contribution in [0.1, 0.15) is 26.7 Å². The third-order valence-electron chi connectivity index (χ3n) is 1.76. The third-order valence-corrected chi connectivity index (χ3v) is 1.90. The number of nitrogens with one attached hydrogen (secondary N) is 2. The summed E-state index contributed by atoms with van der Waals surface area (Å²) in [5, 5.41) is 5.40. The van der Waals surface area contributed by atoms with Gasteiger partial charge < -0.3 is 15.4 Å². The van der Waals surface area contributed by atoms with Gasteiger partial charge in [0.05, 0.1) is 5.44 Å². The van der Waals surface area contributed by atoms with Crippen LogP contribution in [0.5, 0.6) is 0 Å². The zero-order chi connectivity index (χ0) is 12.4. The molecule has 0 aromatic carbocycles. The molecule has 0 bridgehead atoms. The van der Waals surface area contributed by atoms with E-state index in [1.165, 1.54) is 6.92 Å². The number of hydrogen-bond acceptors (Lipinski definition) is 4. The molecule has 0 heterocycles. The molecule has 0 aliphatic carbocycles. The SMILES string of the molecule is CC(=O)NCCCCNC(=O)COC(C)S. The molecule has 1 unspecified atom stereocenters. The molecule has 0 aliphatic heterocycles. The summed E-state index contributed by atoms with van der Waals surface area (Å²) in [6.45, 7) is 4.52. The minimum Gasteiger partial charge on any atom is -0.358 e. The quantitative estimate of drug-likeness (QED) is 0.329. The molecule has 0 aromatic rings. The molecule has 0 aliphatic rings. The van der Waals surface area contributed by atoms with Crippen LogP contribution in [-0.4, -0.2) is 36.9 Å². The van der Waals surface area contributed by atoms with Gasteiger partial charge in [-0.1, -0.05) is 0 Å². The summed E-state index contributed by atoms with van der Waals surface area (Å²) in [5.41, 5.74) is -0.231. The van der Waals surface area contributed by atoms with Gasteiger partial charge in [-0.15, -0.1) is 12.6 Å². The number of hydrogen-bond donors (Lipinski definition) is 3. The maximum Gasteiger partial charge on any atom is 0.246 e. The predicted molar refractivity (Wildman–Crippen MR) is 65.3 cm³/mol. The van der Waals surface area contributed by atoms with Crippen LogP contribution in [0.3, 0.4) is 0 Å². The fourth-order valence-corrected chi connectivity index (χ4v) is 1.06. The highest BCUT2D eigenvalue weighted by molar-refractivity contribution is 7.80. The molecular formula is C10H20N2O3S. The molecule has 0 rings (SSSR count). The molecular weight excluding hydrogens is 228 g/mol. The molecule has 0 saturated carbocycles.